The highest BCUT2D eigenvalue weighted by Crippen LogP contribution is 2.30. The molecule has 2 fully saturated rings. The van der Waals surface area contributed by atoms with E-state index in [1.165, 1.54) is 17.5 Å². The van der Waals surface area contributed by atoms with Crippen molar-refractivity contribution in [1.82, 2.24) is 9.91 Å². The predicted octanol–water partition coefficient (Wildman–Crippen LogP) is -0.337. The van der Waals surface area contributed by atoms with Gasteiger partial charge in [-0.05, 0) is 0 Å². The van der Waals surface area contributed by atoms with Crippen LogP contribution in [-0.2, 0) is 0 Å². The van der Waals surface area contributed by atoms with Crippen LogP contribution in [0.25, 0.3) is 0 Å². The van der Waals surface area contributed by atoms with Gasteiger partial charge in [-0.25, -0.2) is 5.01 Å². The molecule has 1 unspecified atom stereocenters. The van der Waals surface area contributed by atoms with E-state index in [-0.39, 0.29) is 0 Å². The van der Waals surface area contributed by atoms with Crippen LogP contribution in [-0.4, -0.2) is 46.1 Å². The first-order valence-electron chi connectivity index (χ1n) is 3.64. The number of piperazine rings is 1. The lowest BCUT2D eigenvalue weighted by molar-refractivity contribution is -0.121. The van der Waals surface area contributed by atoms with Gasteiger partial charge < -0.3 is 0 Å². The Kier molecular flexibility index (Phi) is 1.88. The average molecular weight is 253 g/mol. The van der Waals surface area contributed by atoms with Gasteiger partial charge in [-0.15, -0.1) is 0 Å². The lowest BCUT2D eigenvalue weighted by atomic mass is 9.88. The molecule has 0 spiro atoms. The van der Waals surface area contributed by atoms with Gasteiger partial charge in [-0.1, -0.05) is 22.6 Å². The Morgan fingerprint density at radius 3 is 2.60 bits per heavy atom. The minimum Gasteiger partial charge on any atom is -0.295 e. The summed E-state index contributed by atoms with van der Waals surface area (Å²) in [5.74, 6) is 5.63. The molecule has 0 aliphatic carbocycles. The van der Waals surface area contributed by atoms with E-state index < -0.39 is 0 Å². The van der Waals surface area contributed by atoms with E-state index in [2.05, 4.69) is 27.5 Å². The molecule has 2 saturated heterocycles. The number of nitrogens with two attached hydrogens (primary N) is 1. The summed E-state index contributed by atoms with van der Waals surface area (Å²) in [5, 5.41) is 1.95. The first-order valence-corrected chi connectivity index (χ1v) is 5.17. The number of halogens is 1. The van der Waals surface area contributed by atoms with Crippen molar-refractivity contribution in [2.24, 2.45) is 5.84 Å². The number of hydrogen-bond acceptors (Lipinski definition) is 3. The molecule has 0 radical (unpaired) electrons. The van der Waals surface area contributed by atoms with Crippen molar-refractivity contribution in [2.45, 2.75) is 12.1 Å². The molecule has 0 amide bonds. The standard InChI is InChI=1S/C6H12IN3/c7-1-2-9-3-6-5(9)4-10(6)8/h5-6H,1-4,8H2/t5?,6-/m1/s1. The van der Waals surface area contributed by atoms with Gasteiger partial charge in [0.05, 0.1) is 6.04 Å². The van der Waals surface area contributed by atoms with Gasteiger partial charge in [0.1, 0.15) is 0 Å². The summed E-state index contributed by atoms with van der Waals surface area (Å²) in [7, 11) is 0. The fourth-order valence-electron chi connectivity index (χ4n) is 1.74. The molecule has 2 aliphatic rings. The van der Waals surface area contributed by atoms with Crippen LogP contribution in [0.1, 0.15) is 0 Å². The van der Waals surface area contributed by atoms with Crippen LogP contribution < -0.4 is 5.84 Å². The van der Waals surface area contributed by atoms with Crippen LogP contribution in [0, 0.1) is 0 Å². The molecule has 58 valence electrons. The summed E-state index contributed by atoms with van der Waals surface area (Å²) in [4.78, 5) is 2.51. The maximum Gasteiger partial charge on any atom is 0.0537 e. The van der Waals surface area contributed by atoms with Crippen LogP contribution in [0.3, 0.4) is 0 Å². The molecule has 0 aromatic rings. The summed E-state index contributed by atoms with van der Waals surface area (Å²) >= 11 is 2.42. The van der Waals surface area contributed by atoms with Gasteiger partial charge in [0.15, 0.2) is 0 Å². The Morgan fingerprint density at radius 1 is 1.40 bits per heavy atom. The highest BCUT2D eigenvalue weighted by molar-refractivity contribution is 14.1. The van der Waals surface area contributed by atoms with E-state index in [1.807, 2.05) is 5.01 Å². The molecule has 4 heteroatoms. The Balaban J connectivity index is 1.78. The van der Waals surface area contributed by atoms with Crippen LogP contribution in [0.5, 0.6) is 0 Å². The normalized spacial score (nSPS) is 40.2. The first-order chi connectivity index (χ1) is 4.83. The fourth-order valence-corrected chi connectivity index (χ4v) is 2.36. The predicted molar refractivity (Wildman–Crippen MR) is 48.9 cm³/mol. The maximum absolute atomic E-state index is 5.63. The second-order valence-electron chi connectivity index (χ2n) is 3.02. The zero-order chi connectivity index (χ0) is 7.14. The average Bonchev–Trinajstić information content (AvgIpc) is 1.92. The third-order valence-electron chi connectivity index (χ3n) is 2.53. The van der Waals surface area contributed by atoms with Gasteiger partial charge in [0.25, 0.3) is 0 Å². The Bertz CT molecular complexity index is 139. The molecule has 2 N–H and O–H groups in total. The monoisotopic (exact) mass is 253 g/mol. The molecule has 3 nitrogen and oxygen atoms in total. The van der Waals surface area contributed by atoms with E-state index in [0.29, 0.717) is 6.04 Å². The molecule has 2 rings (SSSR count). The number of likely N-dealkylation sites (tertiary alicyclic amines) is 1. The number of fused-ring (bicyclic) bond motifs is 1. The number of nitrogens with zero attached hydrogens (tertiary/aromatic N) is 2. The lowest BCUT2D eigenvalue weighted by Gasteiger charge is -2.60. The van der Waals surface area contributed by atoms with Gasteiger partial charge in [0, 0.05) is 30.1 Å². The molecular weight excluding hydrogens is 241 g/mol. The van der Waals surface area contributed by atoms with Crippen molar-refractivity contribution in [2.75, 3.05) is 24.1 Å². The maximum atomic E-state index is 5.63. The van der Waals surface area contributed by atoms with E-state index in [1.54, 1.807) is 0 Å². The molecule has 10 heavy (non-hydrogen) atoms. The molecule has 0 aromatic carbocycles. The number of hydrazine groups is 1. The number of alkyl halides is 1. The van der Waals surface area contributed by atoms with Crippen LogP contribution in [0.15, 0.2) is 0 Å². The van der Waals surface area contributed by atoms with E-state index in [9.17, 15) is 0 Å². The molecule has 2 atom stereocenters. The topological polar surface area (TPSA) is 32.5 Å². The van der Waals surface area contributed by atoms with E-state index >= 15 is 0 Å². The highest BCUT2D eigenvalue weighted by atomic mass is 127. The summed E-state index contributed by atoms with van der Waals surface area (Å²) in [6.07, 6.45) is 0. The number of hydrogen-bond donors (Lipinski definition) is 1. The minimum absolute atomic E-state index is 0.697. The quantitative estimate of drug-likeness (QED) is 0.415. The molecule has 0 saturated carbocycles. The number of rotatable bonds is 2. The van der Waals surface area contributed by atoms with E-state index in [4.69, 9.17) is 5.84 Å². The van der Waals surface area contributed by atoms with Crippen molar-refractivity contribution in [3.8, 4) is 0 Å². The van der Waals surface area contributed by atoms with Gasteiger partial charge in [-0.2, -0.15) is 0 Å². The SMILES string of the molecule is NN1CC2[C@H]1CN2CCI. The third-order valence-corrected chi connectivity index (χ3v) is 3.01. The Morgan fingerprint density at radius 2 is 2.20 bits per heavy atom. The summed E-state index contributed by atoms with van der Waals surface area (Å²) in [6.45, 7) is 3.53. The van der Waals surface area contributed by atoms with Crippen molar-refractivity contribution < 1.29 is 0 Å². The third kappa shape index (κ3) is 0.895. The van der Waals surface area contributed by atoms with Gasteiger partial charge >= 0.3 is 0 Å². The van der Waals surface area contributed by atoms with Crippen molar-refractivity contribution in [3.05, 3.63) is 0 Å². The molecule has 0 bridgehead atoms. The smallest absolute Gasteiger partial charge is 0.0537 e. The van der Waals surface area contributed by atoms with Crippen LogP contribution in [0.2, 0.25) is 0 Å². The Hall–Kier alpha value is 0.610. The summed E-state index contributed by atoms with van der Waals surface area (Å²) < 4.78 is 1.24. The second-order valence-corrected chi connectivity index (χ2v) is 4.09. The molecular formula is C6H12IN3. The fraction of sp³-hybridized carbons (Fsp3) is 1.00. The summed E-state index contributed by atoms with van der Waals surface area (Å²) in [6, 6.07) is 1.50. The highest BCUT2D eigenvalue weighted by Gasteiger charge is 2.49. The van der Waals surface area contributed by atoms with Gasteiger partial charge in [-0.3, -0.25) is 10.7 Å². The van der Waals surface area contributed by atoms with Crippen LogP contribution in [0.4, 0.5) is 0 Å². The second kappa shape index (κ2) is 2.58. The van der Waals surface area contributed by atoms with Crippen molar-refractivity contribution in [1.29, 1.82) is 0 Å². The van der Waals surface area contributed by atoms with E-state index in [0.717, 1.165) is 12.6 Å². The van der Waals surface area contributed by atoms with Crippen molar-refractivity contribution >= 4 is 22.6 Å². The molecule has 2 aliphatic heterocycles. The Labute approximate surface area is 74.6 Å². The minimum atomic E-state index is 0.697. The van der Waals surface area contributed by atoms with Crippen LogP contribution >= 0.6 is 22.6 Å². The molecule has 0 aromatic heterocycles. The summed E-state index contributed by atoms with van der Waals surface area (Å²) in [5.41, 5.74) is 0. The lowest BCUT2D eigenvalue weighted by Crippen LogP contribution is -2.80. The zero-order valence-electron chi connectivity index (χ0n) is 5.83. The molecule has 2 heterocycles. The zero-order valence-corrected chi connectivity index (χ0v) is 7.99. The van der Waals surface area contributed by atoms with Gasteiger partial charge in [0.2, 0.25) is 0 Å². The first kappa shape index (κ1) is 7.27. The van der Waals surface area contributed by atoms with Crippen molar-refractivity contribution in [3.63, 3.8) is 0 Å². The largest absolute Gasteiger partial charge is 0.295 e.